The lowest BCUT2D eigenvalue weighted by Crippen LogP contribution is -2.19. The van der Waals surface area contributed by atoms with Crippen molar-refractivity contribution in [3.8, 4) is 5.75 Å². The van der Waals surface area contributed by atoms with Gasteiger partial charge in [-0.25, -0.2) is 0 Å². The molecule has 1 aromatic rings. The van der Waals surface area contributed by atoms with Gasteiger partial charge in [0.2, 0.25) is 0 Å². The van der Waals surface area contributed by atoms with Crippen molar-refractivity contribution in [3.63, 3.8) is 0 Å². The summed E-state index contributed by atoms with van der Waals surface area (Å²) in [4.78, 5) is 11.3. The Bertz CT molecular complexity index is 455. The van der Waals surface area contributed by atoms with Gasteiger partial charge < -0.3 is 15.2 Å². The standard InChI is InChI=1S/C14H21NO3/c1-8-6-9(2)13(14(18-5)10(8)3)11(15)7-12(16)17-4/h6,11H,7,15H2,1-5H3. The summed E-state index contributed by atoms with van der Waals surface area (Å²) >= 11 is 0. The fraction of sp³-hybridized carbons (Fsp3) is 0.500. The van der Waals surface area contributed by atoms with E-state index in [4.69, 9.17) is 10.5 Å². The van der Waals surface area contributed by atoms with Gasteiger partial charge in [0.25, 0.3) is 0 Å². The molecule has 0 saturated carbocycles. The Balaban J connectivity index is 3.22. The molecule has 0 radical (unpaired) electrons. The molecule has 0 heterocycles. The summed E-state index contributed by atoms with van der Waals surface area (Å²) in [6, 6.07) is 1.65. The Hall–Kier alpha value is -1.55. The van der Waals surface area contributed by atoms with Crippen molar-refractivity contribution in [2.24, 2.45) is 5.73 Å². The number of ether oxygens (including phenoxy) is 2. The third-order valence-corrected chi connectivity index (χ3v) is 3.22. The van der Waals surface area contributed by atoms with E-state index >= 15 is 0 Å². The lowest BCUT2D eigenvalue weighted by molar-refractivity contribution is -0.141. The topological polar surface area (TPSA) is 61.5 Å². The number of carbonyl (C=O) groups excluding carboxylic acids is 1. The van der Waals surface area contributed by atoms with Gasteiger partial charge in [-0.2, -0.15) is 0 Å². The molecule has 100 valence electrons. The summed E-state index contributed by atoms with van der Waals surface area (Å²) in [6.07, 6.45) is 0.149. The molecule has 1 aromatic carbocycles. The second-order valence-corrected chi connectivity index (χ2v) is 4.47. The van der Waals surface area contributed by atoms with Crippen molar-refractivity contribution in [2.75, 3.05) is 14.2 Å². The first-order valence-electron chi connectivity index (χ1n) is 5.89. The number of nitrogens with two attached hydrogens (primary N) is 1. The molecule has 1 rings (SSSR count). The van der Waals surface area contributed by atoms with Crippen LogP contribution in [0.25, 0.3) is 0 Å². The molecule has 0 aliphatic heterocycles. The molecule has 1 unspecified atom stereocenters. The average Bonchev–Trinajstić information content (AvgIpc) is 2.32. The minimum absolute atomic E-state index is 0.149. The number of benzene rings is 1. The highest BCUT2D eigenvalue weighted by Crippen LogP contribution is 2.34. The molecule has 0 amide bonds. The maximum atomic E-state index is 11.3. The van der Waals surface area contributed by atoms with E-state index in [0.29, 0.717) is 0 Å². The van der Waals surface area contributed by atoms with E-state index in [-0.39, 0.29) is 12.4 Å². The molecule has 1 atom stereocenters. The highest BCUT2D eigenvalue weighted by Gasteiger charge is 2.20. The first kappa shape index (κ1) is 14.5. The number of carbonyl (C=O) groups is 1. The van der Waals surface area contributed by atoms with Crippen LogP contribution in [0.5, 0.6) is 5.75 Å². The van der Waals surface area contributed by atoms with Crippen molar-refractivity contribution in [1.82, 2.24) is 0 Å². The Kier molecular flexibility index (Phi) is 4.73. The summed E-state index contributed by atoms with van der Waals surface area (Å²) in [6.45, 7) is 5.99. The third kappa shape index (κ3) is 2.82. The van der Waals surface area contributed by atoms with Gasteiger partial charge in [0.15, 0.2) is 0 Å². The van der Waals surface area contributed by atoms with E-state index in [1.165, 1.54) is 7.11 Å². The zero-order valence-corrected chi connectivity index (χ0v) is 11.7. The van der Waals surface area contributed by atoms with Crippen LogP contribution in [0.15, 0.2) is 6.07 Å². The number of hydrogen-bond donors (Lipinski definition) is 1. The summed E-state index contributed by atoms with van der Waals surface area (Å²) in [5, 5.41) is 0. The van der Waals surface area contributed by atoms with E-state index in [9.17, 15) is 4.79 Å². The normalized spacial score (nSPS) is 12.1. The van der Waals surface area contributed by atoms with Gasteiger partial charge in [-0.3, -0.25) is 4.79 Å². The van der Waals surface area contributed by atoms with Crippen LogP contribution in [0.1, 0.15) is 34.7 Å². The quantitative estimate of drug-likeness (QED) is 0.833. The lowest BCUT2D eigenvalue weighted by atomic mass is 9.93. The number of hydrogen-bond acceptors (Lipinski definition) is 4. The van der Waals surface area contributed by atoms with Crippen LogP contribution in [-0.2, 0) is 9.53 Å². The molecule has 0 spiro atoms. The molecule has 0 aliphatic carbocycles. The molecule has 2 N–H and O–H groups in total. The van der Waals surface area contributed by atoms with Gasteiger partial charge in [-0.15, -0.1) is 0 Å². The highest BCUT2D eigenvalue weighted by atomic mass is 16.5. The third-order valence-electron chi connectivity index (χ3n) is 3.22. The summed E-state index contributed by atoms with van der Waals surface area (Å²) in [5.41, 5.74) is 10.2. The summed E-state index contributed by atoms with van der Waals surface area (Å²) in [5.74, 6) is 0.450. The van der Waals surface area contributed by atoms with E-state index < -0.39 is 6.04 Å². The SMILES string of the molecule is COC(=O)CC(N)c1c(C)cc(C)c(C)c1OC. The molecule has 0 aromatic heterocycles. The maximum Gasteiger partial charge on any atom is 0.307 e. The van der Waals surface area contributed by atoms with Crippen LogP contribution < -0.4 is 10.5 Å². The van der Waals surface area contributed by atoms with Crippen molar-refractivity contribution in [3.05, 3.63) is 28.3 Å². The summed E-state index contributed by atoms with van der Waals surface area (Å²) < 4.78 is 10.1. The fourth-order valence-electron chi connectivity index (χ4n) is 2.16. The van der Waals surface area contributed by atoms with Gasteiger partial charge in [0.1, 0.15) is 5.75 Å². The minimum Gasteiger partial charge on any atom is -0.496 e. The van der Waals surface area contributed by atoms with Gasteiger partial charge in [-0.1, -0.05) is 6.07 Å². The molecule has 4 nitrogen and oxygen atoms in total. The van der Waals surface area contributed by atoms with Gasteiger partial charge in [-0.05, 0) is 37.5 Å². The summed E-state index contributed by atoms with van der Waals surface area (Å²) in [7, 11) is 2.98. The predicted molar refractivity (Wildman–Crippen MR) is 70.8 cm³/mol. The van der Waals surface area contributed by atoms with E-state index in [1.807, 2.05) is 20.8 Å². The molecular weight excluding hydrogens is 230 g/mol. The van der Waals surface area contributed by atoms with E-state index in [0.717, 1.165) is 28.0 Å². The van der Waals surface area contributed by atoms with Crippen molar-refractivity contribution < 1.29 is 14.3 Å². The highest BCUT2D eigenvalue weighted by molar-refractivity contribution is 5.70. The molecule has 4 heteroatoms. The first-order valence-corrected chi connectivity index (χ1v) is 5.89. The Morgan fingerprint density at radius 1 is 1.28 bits per heavy atom. The number of methoxy groups -OCH3 is 2. The molecule has 0 bridgehead atoms. The number of aryl methyl sites for hydroxylation is 2. The predicted octanol–water partition coefficient (Wildman–Crippen LogP) is 2.18. The largest absolute Gasteiger partial charge is 0.496 e. The zero-order chi connectivity index (χ0) is 13.9. The second-order valence-electron chi connectivity index (χ2n) is 4.47. The molecule has 0 aliphatic rings. The van der Waals surface area contributed by atoms with Gasteiger partial charge in [0.05, 0.1) is 20.6 Å². The van der Waals surface area contributed by atoms with Crippen LogP contribution in [0.3, 0.4) is 0 Å². The molecule has 0 fully saturated rings. The maximum absolute atomic E-state index is 11.3. The molecule has 0 saturated heterocycles. The van der Waals surface area contributed by atoms with Crippen LogP contribution in [0.4, 0.5) is 0 Å². The average molecular weight is 251 g/mol. The van der Waals surface area contributed by atoms with Crippen molar-refractivity contribution >= 4 is 5.97 Å². The minimum atomic E-state index is -0.410. The smallest absolute Gasteiger partial charge is 0.307 e. The van der Waals surface area contributed by atoms with Crippen LogP contribution in [0.2, 0.25) is 0 Å². The van der Waals surface area contributed by atoms with Gasteiger partial charge in [0, 0.05) is 11.6 Å². The van der Waals surface area contributed by atoms with Crippen LogP contribution in [-0.4, -0.2) is 20.2 Å². The fourth-order valence-corrected chi connectivity index (χ4v) is 2.16. The van der Waals surface area contributed by atoms with E-state index in [1.54, 1.807) is 7.11 Å². The molecule has 18 heavy (non-hydrogen) atoms. The molecular formula is C14H21NO3. The number of rotatable bonds is 4. The Morgan fingerprint density at radius 3 is 2.39 bits per heavy atom. The zero-order valence-electron chi connectivity index (χ0n) is 11.7. The monoisotopic (exact) mass is 251 g/mol. The Labute approximate surface area is 108 Å². The first-order chi connectivity index (χ1) is 8.42. The van der Waals surface area contributed by atoms with Crippen molar-refractivity contribution in [2.45, 2.75) is 33.2 Å². The van der Waals surface area contributed by atoms with Gasteiger partial charge >= 0.3 is 5.97 Å². The van der Waals surface area contributed by atoms with E-state index in [2.05, 4.69) is 10.8 Å². The lowest BCUT2D eigenvalue weighted by Gasteiger charge is -2.20. The van der Waals surface area contributed by atoms with Crippen molar-refractivity contribution in [1.29, 1.82) is 0 Å². The van der Waals surface area contributed by atoms with Crippen LogP contribution in [0, 0.1) is 20.8 Å². The van der Waals surface area contributed by atoms with Crippen LogP contribution >= 0.6 is 0 Å². The Morgan fingerprint density at radius 2 is 1.89 bits per heavy atom. The second kappa shape index (κ2) is 5.87. The number of esters is 1.